The Morgan fingerprint density at radius 2 is 1.86 bits per heavy atom. The fourth-order valence-electron chi connectivity index (χ4n) is 3.87. The van der Waals surface area contributed by atoms with Crippen molar-refractivity contribution in [2.24, 2.45) is 0 Å². The van der Waals surface area contributed by atoms with Gasteiger partial charge in [0.2, 0.25) is 0 Å². The zero-order valence-corrected chi connectivity index (χ0v) is 14.1. The number of ether oxygens (including phenoxy) is 1. The van der Waals surface area contributed by atoms with Gasteiger partial charge in [-0.15, -0.1) is 0 Å². The molecule has 2 fully saturated rings. The second kappa shape index (κ2) is 6.99. The van der Waals surface area contributed by atoms with Crippen LogP contribution >= 0.6 is 0 Å². The van der Waals surface area contributed by atoms with Crippen molar-refractivity contribution in [3.05, 3.63) is 29.8 Å². The molecule has 0 aliphatic carbocycles. The van der Waals surface area contributed by atoms with Crippen molar-refractivity contribution in [2.75, 3.05) is 45.2 Å². The Balaban J connectivity index is 1.53. The molecule has 2 aliphatic rings. The molecule has 0 saturated carbocycles. The van der Waals surface area contributed by atoms with Crippen molar-refractivity contribution >= 4 is 5.69 Å². The van der Waals surface area contributed by atoms with Gasteiger partial charge in [-0.3, -0.25) is 0 Å². The highest BCUT2D eigenvalue weighted by atomic mass is 16.5. The van der Waals surface area contributed by atoms with Gasteiger partial charge in [-0.05, 0) is 38.4 Å². The third-order valence-electron chi connectivity index (χ3n) is 5.15. The van der Waals surface area contributed by atoms with E-state index in [1.165, 1.54) is 24.1 Å². The van der Waals surface area contributed by atoms with Crippen LogP contribution in [0.1, 0.15) is 18.4 Å². The van der Waals surface area contributed by atoms with Crippen LogP contribution < -0.4 is 10.2 Å². The van der Waals surface area contributed by atoms with Gasteiger partial charge in [-0.2, -0.15) is 0 Å². The molecule has 0 aromatic heterocycles. The summed E-state index contributed by atoms with van der Waals surface area (Å²) in [6.45, 7) is 6.62. The van der Waals surface area contributed by atoms with Crippen LogP contribution in [0.2, 0.25) is 0 Å². The standard InChI is InChI=1S/C18H29N3O/c1-14-6-4-5-7-17(14)21-10-8-15(9-11-21)19-16-12-20(2)13-18(16)22-3/h4-7,15-16,18-19H,8-13H2,1-3H3/t16-,18-/m0/s1. The van der Waals surface area contributed by atoms with Crippen LogP contribution in [0.5, 0.6) is 0 Å². The van der Waals surface area contributed by atoms with Crippen LogP contribution in [0.25, 0.3) is 0 Å². The molecule has 1 aromatic carbocycles. The minimum atomic E-state index is 0.333. The van der Waals surface area contributed by atoms with Crippen LogP contribution in [-0.4, -0.2) is 63.4 Å². The highest BCUT2D eigenvalue weighted by Gasteiger charge is 2.33. The van der Waals surface area contributed by atoms with Crippen molar-refractivity contribution in [3.8, 4) is 0 Å². The van der Waals surface area contributed by atoms with E-state index in [2.05, 4.69) is 53.4 Å². The van der Waals surface area contributed by atoms with Crippen molar-refractivity contribution < 1.29 is 4.74 Å². The van der Waals surface area contributed by atoms with E-state index >= 15 is 0 Å². The van der Waals surface area contributed by atoms with Crippen LogP contribution in [0, 0.1) is 6.92 Å². The molecule has 0 spiro atoms. The molecule has 2 aliphatic heterocycles. The van der Waals surface area contributed by atoms with E-state index in [-0.39, 0.29) is 0 Å². The number of nitrogens with zero attached hydrogens (tertiary/aromatic N) is 2. The second-order valence-corrected chi connectivity index (χ2v) is 6.82. The summed E-state index contributed by atoms with van der Waals surface area (Å²) < 4.78 is 5.63. The molecule has 4 nitrogen and oxygen atoms in total. The van der Waals surface area contributed by atoms with E-state index in [1.54, 1.807) is 0 Å². The Morgan fingerprint density at radius 3 is 2.55 bits per heavy atom. The maximum absolute atomic E-state index is 5.63. The molecule has 0 bridgehead atoms. The summed E-state index contributed by atoms with van der Waals surface area (Å²) in [6, 6.07) is 9.81. The lowest BCUT2D eigenvalue weighted by atomic mass is 10.0. The molecule has 3 rings (SSSR count). The molecule has 0 amide bonds. The monoisotopic (exact) mass is 303 g/mol. The topological polar surface area (TPSA) is 27.7 Å². The van der Waals surface area contributed by atoms with E-state index in [4.69, 9.17) is 4.74 Å². The smallest absolute Gasteiger partial charge is 0.0863 e. The van der Waals surface area contributed by atoms with E-state index < -0.39 is 0 Å². The summed E-state index contributed by atoms with van der Waals surface area (Å²) in [6.07, 6.45) is 2.76. The Kier molecular flexibility index (Phi) is 5.01. The Bertz CT molecular complexity index is 485. The number of likely N-dealkylation sites (N-methyl/N-ethyl adjacent to an activating group) is 1. The third kappa shape index (κ3) is 3.45. The summed E-state index contributed by atoms with van der Waals surface area (Å²) >= 11 is 0. The number of nitrogens with one attached hydrogen (secondary N) is 1. The lowest BCUT2D eigenvalue weighted by Gasteiger charge is -2.36. The molecule has 0 unspecified atom stereocenters. The first kappa shape index (κ1) is 15.8. The van der Waals surface area contributed by atoms with Gasteiger partial charge < -0.3 is 19.9 Å². The molecule has 22 heavy (non-hydrogen) atoms. The minimum absolute atomic E-state index is 0.333. The number of para-hydroxylation sites is 1. The van der Waals surface area contributed by atoms with Crippen LogP contribution in [0.3, 0.4) is 0 Å². The number of benzene rings is 1. The average molecular weight is 303 g/mol. The van der Waals surface area contributed by atoms with Gasteiger partial charge in [-0.25, -0.2) is 0 Å². The summed E-state index contributed by atoms with van der Waals surface area (Å²) in [5.74, 6) is 0. The largest absolute Gasteiger partial charge is 0.378 e. The Morgan fingerprint density at radius 1 is 1.14 bits per heavy atom. The predicted octanol–water partition coefficient (Wildman–Crippen LogP) is 1.88. The fraction of sp³-hybridized carbons (Fsp3) is 0.667. The van der Waals surface area contributed by atoms with E-state index in [0.29, 0.717) is 18.2 Å². The molecule has 122 valence electrons. The van der Waals surface area contributed by atoms with Crippen LogP contribution in [0.4, 0.5) is 5.69 Å². The number of rotatable bonds is 4. The van der Waals surface area contributed by atoms with Gasteiger partial charge in [0.25, 0.3) is 0 Å². The van der Waals surface area contributed by atoms with Crippen LogP contribution in [-0.2, 0) is 4.74 Å². The van der Waals surface area contributed by atoms with Crippen molar-refractivity contribution in [1.82, 2.24) is 10.2 Å². The van der Waals surface area contributed by atoms with Gasteiger partial charge >= 0.3 is 0 Å². The van der Waals surface area contributed by atoms with E-state index in [9.17, 15) is 0 Å². The number of hydrogen-bond acceptors (Lipinski definition) is 4. The first-order chi connectivity index (χ1) is 10.7. The first-order valence-electron chi connectivity index (χ1n) is 8.45. The number of likely N-dealkylation sites (tertiary alicyclic amines) is 1. The molecule has 2 heterocycles. The maximum Gasteiger partial charge on any atom is 0.0863 e. The van der Waals surface area contributed by atoms with Gasteiger partial charge in [0.15, 0.2) is 0 Å². The number of aryl methyl sites for hydroxylation is 1. The zero-order chi connectivity index (χ0) is 15.5. The molecule has 4 heteroatoms. The number of hydrogen-bond donors (Lipinski definition) is 1. The molecule has 1 aromatic rings. The van der Waals surface area contributed by atoms with Gasteiger partial charge in [0.05, 0.1) is 6.10 Å². The SMILES string of the molecule is CO[C@H]1CN(C)C[C@@H]1NC1CCN(c2ccccc2C)CC1. The molecular weight excluding hydrogens is 274 g/mol. The fourth-order valence-corrected chi connectivity index (χ4v) is 3.87. The number of piperidine rings is 1. The third-order valence-corrected chi connectivity index (χ3v) is 5.15. The molecular formula is C18H29N3O. The number of anilines is 1. The van der Waals surface area contributed by atoms with Crippen molar-refractivity contribution in [2.45, 2.75) is 38.0 Å². The Labute approximate surface area is 134 Å². The van der Waals surface area contributed by atoms with E-state index in [1.807, 2.05) is 7.11 Å². The van der Waals surface area contributed by atoms with Gasteiger partial charge in [0, 0.05) is 51.1 Å². The average Bonchev–Trinajstić information content (AvgIpc) is 2.88. The molecule has 1 N–H and O–H groups in total. The Hall–Kier alpha value is -1.10. The second-order valence-electron chi connectivity index (χ2n) is 6.82. The summed E-state index contributed by atoms with van der Waals surface area (Å²) in [7, 11) is 4.01. The van der Waals surface area contributed by atoms with E-state index in [0.717, 1.165) is 26.2 Å². The lowest BCUT2D eigenvalue weighted by Crippen LogP contribution is -2.50. The zero-order valence-electron chi connectivity index (χ0n) is 14.1. The molecule has 2 saturated heterocycles. The predicted molar refractivity (Wildman–Crippen MR) is 91.6 cm³/mol. The van der Waals surface area contributed by atoms with Gasteiger partial charge in [-0.1, -0.05) is 18.2 Å². The maximum atomic E-state index is 5.63. The highest BCUT2D eigenvalue weighted by molar-refractivity contribution is 5.53. The lowest BCUT2D eigenvalue weighted by molar-refractivity contribution is 0.0868. The summed E-state index contributed by atoms with van der Waals surface area (Å²) in [4.78, 5) is 4.89. The quantitative estimate of drug-likeness (QED) is 0.919. The summed E-state index contributed by atoms with van der Waals surface area (Å²) in [5, 5.41) is 3.84. The van der Waals surface area contributed by atoms with Crippen molar-refractivity contribution in [1.29, 1.82) is 0 Å². The molecule has 2 atom stereocenters. The normalized spacial score (nSPS) is 27.5. The van der Waals surface area contributed by atoms with Gasteiger partial charge in [0.1, 0.15) is 0 Å². The van der Waals surface area contributed by atoms with Crippen molar-refractivity contribution in [3.63, 3.8) is 0 Å². The minimum Gasteiger partial charge on any atom is -0.378 e. The summed E-state index contributed by atoms with van der Waals surface area (Å²) in [5.41, 5.74) is 2.78. The molecule has 0 radical (unpaired) electrons. The van der Waals surface area contributed by atoms with Crippen LogP contribution in [0.15, 0.2) is 24.3 Å². The first-order valence-corrected chi connectivity index (χ1v) is 8.45. The highest BCUT2D eigenvalue weighted by Crippen LogP contribution is 2.24. The number of methoxy groups -OCH3 is 1.